The molecule has 1 unspecified atom stereocenters. The summed E-state index contributed by atoms with van der Waals surface area (Å²) in [5.74, 6) is 0.800. The van der Waals surface area contributed by atoms with E-state index in [1.807, 2.05) is 0 Å². The maximum absolute atomic E-state index is 5.71. The molecule has 2 fully saturated rings. The number of hydrogen-bond acceptors (Lipinski definition) is 2. The molecule has 0 spiro atoms. The number of halogens is 1. The highest BCUT2D eigenvalue weighted by molar-refractivity contribution is 9.10. The zero-order chi connectivity index (χ0) is 11.0. The van der Waals surface area contributed by atoms with Gasteiger partial charge in [-0.2, -0.15) is 0 Å². The zero-order valence-electron chi connectivity index (χ0n) is 9.12. The first-order valence-electron chi connectivity index (χ1n) is 5.83. The van der Waals surface area contributed by atoms with Crippen molar-refractivity contribution in [3.63, 3.8) is 0 Å². The molecule has 0 N–H and O–H groups in total. The van der Waals surface area contributed by atoms with E-state index in [1.54, 1.807) is 0 Å². The van der Waals surface area contributed by atoms with Crippen LogP contribution in [-0.2, 0) is 9.47 Å². The van der Waals surface area contributed by atoms with Gasteiger partial charge in [-0.15, -0.1) is 0 Å². The molecule has 1 saturated heterocycles. The summed E-state index contributed by atoms with van der Waals surface area (Å²) in [5.41, 5.74) is 2.66. The second kappa shape index (κ2) is 4.47. The third-order valence-electron chi connectivity index (χ3n) is 3.24. The molecule has 2 nitrogen and oxygen atoms in total. The molecule has 86 valence electrons. The Balaban J connectivity index is 1.83. The van der Waals surface area contributed by atoms with Gasteiger partial charge in [-0.05, 0) is 36.0 Å². The molecule has 0 bridgehead atoms. The normalized spacial score (nSPS) is 25.7. The van der Waals surface area contributed by atoms with Crippen LogP contribution in [0.15, 0.2) is 22.7 Å². The predicted octanol–water partition coefficient (Wildman–Crippen LogP) is 3.41. The molecule has 0 aromatic heterocycles. The number of rotatable bonds is 2. The van der Waals surface area contributed by atoms with Gasteiger partial charge in [0, 0.05) is 4.47 Å². The lowest BCUT2D eigenvalue weighted by atomic mass is 10.0. The van der Waals surface area contributed by atoms with Crippen molar-refractivity contribution in [2.75, 3.05) is 19.8 Å². The van der Waals surface area contributed by atoms with Gasteiger partial charge in [0.15, 0.2) is 0 Å². The van der Waals surface area contributed by atoms with Crippen LogP contribution in [0.2, 0.25) is 0 Å². The minimum Gasteiger partial charge on any atom is -0.376 e. The summed E-state index contributed by atoms with van der Waals surface area (Å²) < 4.78 is 12.3. The quantitative estimate of drug-likeness (QED) is 0.828. The van der Waals surface area contributed by atoms with E-state index < -0.39 is 0 Å². The highest BCUT2D eigenvalue weighted by Gasteiger charge is 2.25. The Morgan fingerprint density at radius 3 is 2.69 bits per heavy atom. The van der Waals surface area contributed by atoms with Crippen molar-refractivity contribution in [2.24, 2.45) is 0 Å². The summed E-state index contributed by atoms with van der Waals surface area (Å²) in [5, 5.41) is 0. The van der Waals surface area contributed by atoms with Gasteiger partial charge in [0.1, 0.15) is 6.10 Å². The maximum atomic E-state index is 5.71. The second-order valence-corrected chi connectivity index (χ2v) is 5.34. The average molecular weight is 283 g/mol. The molecule has 1 aromatic carbocycles. The summed E-state index contributed by atoms with van der Waals surface area (Å²) in [6.07, 6.45) is 2.78. The van der Waals surface area contributed by atoms with Crippen molar-refractivity contribution in [3.8, 4) is 0 Å². The lowest BCUT2D eigenvalue weighted by Gasteiger charge is -2.24. The highest BCUT2D eigenvalue weighted by Crippen LogP contribution is 2.42. The van der Waals surface area contributed by atoms with Crippen LogP contribution in [0.25, 0.3) is 0 Å². The fourth-order valence-corrected chi connectivity index (χ4v) is 2.79. The van der Waals surface area contributed by atoms with Crippen LogP contribution in [0, 0.1) is 0 Å². The van der Waals surface area contributed by atoms with Crippen molar-refractivity contribution in [3.05, 3.63) is 33.8 Å². The van der Waals surface area contributed by atoms with Crippen LogP contribution in [0.3, 0.4) is 0 Å². The Labute approximate surface area is 104 Å². The van der Waals surface area contributed by atoms with E-state index in [2.05, 4.69) is 34.1 Å². The predicted molar refractivity (Wildman–Crippen MR) is 65.6 cm³/mol. The first-order chi connectivity index (χ1) is 7.84. The maximum Gasteiger partial charge on any atom is 0.107 e. The van der Waals surface area contributed by atoms with Crippen LogP contribution in [-0.4, -0.2) is 19.8 Å². The Kier molecular flexibility index (Phi) is 3.01. The van der Waals surface area contributed by atoms with Gasteiger partial charge in [0.25, 0.3) is 0 Å². The largest absolute Gasteiger partial charge is 0.376 e. The van der Waals surface area contributed by atoms with Crippen molar-refractivity contribution in [1.29, 1.82) is 0 Å². The molecule has 16 heavy (non-hydrogen) atoms. The SMILES string of the molecule is Brc1cc(C2CC2)ccc1C1COCCO1. The third kappa shape index (κ3) is 2.17. The smallest absolute Gasteiger partial charge is 0.107 e. The van der Waals surface area contributed by atoms with Crippen LogP contribution in [0.5, 0.6) is 0 Å². The number of benzene rings is 1. The molecule has 1 saturated carbocycles. The summed E-state index contributed by atoms with van der Waals surface area (Å²) in [4.78, 5) is 0. The summed E-state index contributed by atoms with van der Waals surface area (Å²) in [6, 6.07) is 6.65. The molecule has 0 amide bonds. The lowest BCUT2D eigenvalue weighted by molar-refractivity contribution is -0.0904. The van der Waals surface area contributed by atoms with Gasteiger partial charge in [-0.3, -0.25) is 0 Å². The monoisotopic (exact) mass is 282 g/mol. The van der Waals surface area contributed by atoms with Crippen LogP contribution >= 0.6 is 15.9 Å². The van der Waals surface area contributed by atoms with Crippen LogP contribution < -0.4 is 0 Å². The first kappa shape index (κ1) is 10.8. The molecule has 3 rings (SSSR count). The Hall–Kier alpha value is -0.380. The number of ether oxygens (including phenoxy) is 2. The van der Waals surface area contributed by atoms with Crippen molar-refractivity contribution >= 4 is 15.9 Å². The van der Waals surface area contributed by atoms with Gasteiger partial charge in [-0.1, -0.05) is 28.1 Å². The van der Waals surface area contributed by atoms with Gasteiger partial charge < -0.3 is 9.47 Å². The molecule has 2 aliphatic rings. The average Bonchev–Trinajstić information content (AvgIpc) is 3.14. The summed E-state index contributed by atoms with van der Waals surface area (Å²) >= 11 is 3.64. The Morgan fingerprint density at radius 1 is 1.19 bits per heavy atom. The third-order valence-corrected chi connectivity index (χ3v) is 3.92. The molecule has 0 radical (unpaired) electrons. The van der Waals surface area contributed by atoms with E-state index in [1.165, 1.54) is 24.0 Å². The highest BCUT2D eigenvalue weighted by atomic mass is 79.9. The molecular formula is C13H15BrO2. The van der Waals surface area contributed by atoms with E-state index in [9.17, 15) is 0 Å². The Morgan fingerprint density at radius 2 is 2.06 bits per heavy atom. The molecule has 3 heteroatoms. The van der Waals surface area contributed by atoms with Crippen LogP contribution in [0.1, 0.15) is 36.0 Å². The fourth-order valence-electron chi connectivity index (χ4n) is 2.14. The summed E-state index contributed by atoms with van der Waals surface area (Å²) in [7, 11) is 0. The van der Waals surface area contributed by atoms with E-state index in [-0.39, 0.29) is 6.10 Å². The van der Waals surface area contributed by atoms with Gasteiger partial charge in [0.2, 0.25) is 0 Å². The first-order valence-corrected chi connectivity index (χ1v) is 6.62. The minimum atomic E-state index is 0.0939. The van der Waals surface area contributed by atoms with E-state index in [0.29, 0.717) is 19.8 Å². The minimum absolute atomic E-state index is 0.0939. The zero-order valence-corrected chi connectivity index (χ0v) is 10.7. The van der Waals surface area contributed by atoms with Gasteiger partial charge >= 0.3 is 0 Å². The van der Waals surface area contributed by atoms with E-state index in [4.69, 9.17) is 9.47 Å². The second-order valence-electron chi connectivity index (χ2n) is 4.49. The molecule has 1 aliphatic heterocycles. The topological polar surface area (TPSA) is 18.5 Å². The number of hydrogen-bond donors (Lipinski definition) is 0. The molecule has 1 aromatic rings. The lowest BCUT2D eigenvalue weighted by Crippen LogP contribution is -2.22. The Bertz CT molecular complexity index is 382. The molecular weight excluding hydrogens is 268 g/mol. The van der Waals surface area contributed by atoms with Gasteiger partial charge in [0.05, 0.1) is 19.8 Å². The van der Waals surface area contributed by atoms with E-state index >= 15 is 0 Å². The van der Waals surface area contributed by atoms with Gasteiger partial charge in [-0.25, -0.2) is 0 Å². The molecule has 1 aliphatic carbocycles. The van der Waals surface area contributed by atoms with Crippen molar-refractivity contribution in [1.82, 2.24) is 0 Å². The van der Waals surface area contributed by atoms with Crippen LogP contribution in [0.4, 0.5) is 0 Å². The van der Waals surface area contributed by atoms with E-state index in [0.717, 1.165) is 10.4 Å². The standard InChI is InChI=1S/C13H15BrO2/c14-12-7-10(9-1-2-9)3-4-11(12)13-8-15-5-6-16-13/h3-4,7,9,13H,1-2,5-6,8H2. The fraction of sp³-hybridized carbons (Fsp3) is 0.538. The van der Waals surface area contributed by atoms with Crippen molar-refractivity contribution in [2.45, 2.75) is 24.9 Å². The molecule has 1 atom stereocenters. The summed E-state index contributed by atoms with van der Waals surface area (Å²) in [6.45, 7) is 2.08. The van der Waals surface area contributed by atoms with Crippen molar-refractivity contribution < 1.29 is 9.47 Å². The molecule has 1 heterocycles.